The average molecular weight is 446 g/mol. The van der Waals surface area contributed by atoms with Crippen LogP contribution in [0.1, 0.15) is 23.6 Å². The summed E-state index contributed by atoms with van der Waals surface area (Å²) in [5.41, 5.74) is -3.06. The first-order valence-electron chi connectivity index (χ1n) is 8.06. The summed E-state index contributed by atoms with van der Waals surface area (Å²) in [6, 6.07) is 3.30. The van der Waals surface area contributed by atoms with Crippen molar-refractivity contribution in [3.05, 3.63) is 59.2 Å². The molecule has 3 nitrogen and oxygen atoms in total. The number of nitrogen functional groups attached to an aromatic ring is 2. The molecule has 0 fully saturated rings. The van der Waals surface area contributed by atoms with Crippen LogP contribution in [0.3, 0.4) is 0 Å². The van der Waals surface area contributed by atoms with E-state index >= 15 is 0 Å². The van der Waals surface area contributed by atoms with Crippen LogP contribution in [0.15, 0.2) is 42.5 Å². The molecule has 0 heterocycles. The second-order valence-corrected chi connectivity index (χ2v) is 6.74. The van der Waals surface area contributed by atoms with Gasteiger partial charge in [-0.05, 0) is 42.3 Å². The standard InChI is InChI=1S/C18H15F9N2O/c1-14(30,16(19,20)21)12-8-10(4-7-13(12)29)15(17(22,23)24,18(25,26)27)9-2-5-11(28)6-3-9/h2-8,30H,28-29H2,1H3. The summed E-state index contributed by atoms with van der Waals surface area (Å²) in [5.74, 6) is 0. The lowest BCUT2D eigenvalue weighted by atomic mass is 9.71. The number of rotatable bonds is 3. The molecular formula is C18H15F9N2O. The van der Waals surface area contributed by atoms with E-state index in [4.69, 9.17) is 11.5 Å². The molecule has 166 valence electrons. The van der Waals surface area contributed by atoms with Gasteiger partial charge in [0.05, 0.1) is 0 Å². The van der Waals surface area contributed by atoms with E-state index in [9.17, 15) is 44.6 Å². The molecule has 2 rings (SSSR count). The minimum Gasteiger partial charge on any atom is -0.399 e. The van der Waals surface area contributed by atoms with Gasteiger partial charge in [0.25, 0.3) is 0 Å². The Morgan fingerprint density at radius 3 is 1.50 bits per heavy atom. The molecule has 1 unspecified atom stereocenters. The largest absolute Gasteiger partial charge is 0.421 e. The number of benzene rings is 2. The molecular weight excluding hydrogens is 431 g/mol. The maximum absolute atomic E-state index is 14.0. The molecule has 0 radical (unpaired) electrons. The van der Waals surface area contributed by atoms with Crippen molar-refractivity contribution in [3.8, 4) is 0 Å². The van der Waals surface area contributed by atoms with E-state index in [-0.39, 0.29) is 18.7 Å². The van der Waals surface area contributed by atoms with Gasteiger partial charge in [-0.15, -0.1) is 0 Å². The van der Waals surface area contributed by atoms with Crippen LogP contribution < -0.4 is 11.5 Å². The molecule has 0 saturated heterocycles. The van der Waals surface area contributed by atoms with Crippen molar-refractivity contribution >= 4 is 11.4 Å². The SMILES string of the molecule is CC(O)(c1cc(C(c2ccc(N)cc2)(C(F)(F)F)C(F)(F)F)ccc1N)C(F)(F)F. The predicted molar refractivity (Wildman–Crippen MR) is 90.2 cm³/mol. The summed E-state index contributed by atoms with van der Waals surface area (Å²) in [6.07, 6.45) is -17.5. The Hall–Kier alpha value is -2.63. The van der Waals surface area contributed by atoms with Gasteiger partial charge in [-0.2, -0.15) is 39.5 Å². The lowest BCUT2D eigenvalue weighted by molar-refractivity contribution is -0.288. The lowest BCUT2D eigenvalue weighted by Crippen LogP contribution is -2.55. The zero-order valence-corrected chi connectivity index (χ0v) is 15.0. The highest BCUT2D eigenvalue weighted by molar-refractivity contribution is 5.57. The number of aliphatic hydroxyl groups is 1. The Bertz CT molecular complexity index is 899. The molecule has 2 aromatic rings. The van der Waals surface area contributed by atoms with Crippen LogP contribution in [0.2, 0.25) is 0 Å². The Morgan fingerprint density at radius 1 is 0.667 bits per heavy atom. The molecule has 0 saturated carbocycles. The third-order valence-corrected chi connectivity index (χ3v) is 4.76. The maximum Gasteiger partial charge on any atom is 0.421 e. The van der Waals surface area contributed by atoms with Gasteiger partial charge >= 0.3 is 18.5 Å². The summed E-state index contributed by atoms with van der Waals surface area (Å²) in [5, 5.41) is 9.82. The summed E-state index contributed by atoms with van der Waals surface area (Å²) < 4.78 is 124. The third kappa shape index (κ3) is 3.53. The smallest absolute Gasteiger partial charge is 0.399 e. The van der Waals surface area contributed by atoms with Crippen LogP contribution in [-0.4, -0.2) is 23.6 Å². The van der Waals surface area contributed by atoms with Crippen molar-refractivity contribution in [1.29, 1.82) is 0 Å². The van der Waals surface area contributed by atoms with Gasteiger partial charge in [-0.3, -0.25) is 0 Å². The molecule has 2 aromatic carbocycles. The lowest BCUT2D eigenvalue weighted by Gasteiger charge is -2.39. The maximum atomic E-state index is 14.0. The van der Waals surface area contributed by atoms with Gasteiger partial charge in [0.1, 0.15) is 0 Å². The van der Waals surface area contributed by atoms with E-state index in [1.165, 1.54) is 0 Å². The van der Waals surface area contributed by atoms with Gasteiger partial charge in [0.15, 0.2) is 5.60 Å². The van der Waals surface area contributed by atoms with E-state index in [2.05, 4.69) is 0 Å². The summed E-state index contributed by atoms with van der Waals surface area (Å²) in [4.78, 5) is 0. The van der Waals surface area contributed by atoms with E-state index in [1.807, 2.05) is 0 Å². The first kappa shape index (κ1) is 23.6. The Balaban J connectivity index is 2.98. The van der Waals surface area contributed by atoms with Crippen molar-refractivity contribution in [2.45, 2.75) is 36.5 Å². The fourth-order valence-electron chi connectivity index (χ4n) is 3.08. The summed E-state index contributed by atoms with van der Waals surface area (Å²) >= 11 is 0. The highest BCUT2D eigenvalue weighted by atomic mass is 19.4. The molecule has 5 N–H and O–H groups in total. The monoisotopic (exact) mass is 446 g/mol. The van der Waals surface area contributed by atoms with E-state index in [1.54, 1.807) is 0 Å². The van der Waals surface area contributed by atoms with Crippen LogP contribution >= 0.6 is 0 Å². The zero-order chi connectivity index (χ0) is 23.3. The number of anilines is 2. The second-order valence-electron chi connectivity index (χ2n) is 6.74. The number of alkyl halides is 9. The van der Waals surface area contributed by atoms with Crippen molar-refractivity contribution in [2.75, 3.05) is 11.5 Å². The fourth-order valence-corrected chi connectivity index (χ4v) is 3.08. The topological polar surface area (TPSA) is 72.3 Å². The van der Waals surface area contributed by atoms with Crippen LogP contribution in [0.5, 0.6) is 0 Å². The number of hydrogen-bond acceptors (Lipinski definition) is 3. The first-order chi connectivity index (χ1) is 13.4. The van der Waals surface area contributed by atoms with Crippen molar-refractivity contribution in [3.63, 3.8) is 0 Å². The predicted octanol–water partition coefficient (Wildman–Crippen LogP) is 5.03. The van der Waals surface area contributed by atoms with Gasteiger partial charge in [0, 0.05) is 16.9 Å². The van der Waals surface area contributed by atoms with Crippen molar-refractivity contribution in [2.24, 2.45) is 0 Å². The van der Waals surface area contributed by atoms with E-state index in [0.29, 0.717) is 24.3 Å². The molecule has 0 bridgehead atoms. The quantitative estimate of drug-likeness (QED) is 0.458. The van der Waals surface area contributed by atoms with Crippen LogP contribution in [-0.2, 0) is 11.0 Å². The summed E-state index contributed by atoms with van der Waals surface area (Å²) in [7, 11) is 0. The number of halogens is 9. The minimum absolute atomic E-state index is 0.0276. The number of hydrogen-bond donors (Lipinski definition) is 3. The molecule has 30 heavy (non-hydrogen) atoms. The highest BCUT2D eigenvalue weighted by Crippen LogP contribution is 2.57. The Kier molecular flexibility index (Phi) is 5.49. The Labute approximate surface area is 164 Å². The highest BCUT2D eigenvalue weighted by Gasteiger charge is 2.72. The number of nitrogens with two attached hydrogens (primary N) is 2. The second kappa shape index (κ2) is 6.96. The zero-order valence-electron chi connectivity index (χ0n) is 15.0. The van der Waals surface area contributed by atoms with Crippen molar-refractivity contribution < 1.29 is 44.6 Å². The third-order valence-electron chi connectivity index (χ3n) is 4.76. The average Bonchev–Trinajstić information content (AvgIpc) is 2.54. The van der Waals surface area contributed by atoms with Gasteiger partial charge in [-0.25, -0.2) is 0 Å². The first-order valence-corrected chi connectivity index (χ1v) is 8.06. The molecule has 0 spiro atoms. The minimum atomic E-state index is -6.03. The molecule has 0 aliphatic carbocycles. The van der Waals surface area contributed by atoms with Gasteiger partial charge in [-0.1, -0.05) is 18.2 Å². The fraction of sp³-hybridized carbons (Fsp3) is 0.333. The summed E-state index contributed by atoms with van der Waals surface area (Å²) in [6.45, 7) is 0.175. The van der Waals surface area contributed by atoms with Gasteiger partial charge < -0.3 is 16.6 Å². The normalized spacial score (nSPS) is 15.7. The molecule has 12 heteroatoms. The molecule has 0 aromatic heterocycles. The molecule has 0 aliphatic heterocycles. The Morgan fingerprint density at radius 2 is 1.10 bits per heavy atom. The van der Waals surface area contributed by atoms with Crippen molar-refractivity contribution in [1.82, 2.24) is 0 Å². The van der Waals surface area contributed by atoms with E-state index < -0.39 is 51.9 Å². The van der Waals surface area contributed by atoms with Crippen LogP contribution in [0, 0.1) is 0 Å². The molecule has 0 amide bonds. The molecule has 1 atom stereocenters. The van der Waals surface area contributed by atoms with Crippen LogP contribution in [0.25, 0.3) is 0 Å². The van der Waals surface area contributed by atoms with Crippen LogP contribution in [0.4, 0.5) is 50.9 Å². The molecule has 0 aliphatic rings. The van der Waals surface area contributed by atoms with E-state index in [0.717, 1.165) is 12.1 Å². The van der Waals surface area contributed by atoms with Gasteiger partial charge in [0.2, 0.25) is 5.41 Å².